The number of likely N-dealkylation sites (N-methyl/N-ethyl adjacent to an activating group) is 1. The SMILES string of the molecule is CCc1nc(Nc2ccc(C(=O)NCCC(C)C)cn2)nc(N2CCN(C)CC2)n1. The van der Waals surface area contributed by atoms with Crippen LogP contribution in [0.3, 0.4) is 0 Å². The molecule has 2 aromatic rings. The van der Waals surface area contributed by atoms with Gasteiger partial charge in [0, 0.05) is 45.3 Å². The zero-order valence-corrected chi connectivity index (χ0v) is 18.4. The van der Waals surface area contributed by atoms with Gasteiger partial charge in [0.15, 0.2) is 0 Å². The van der Waals surface area contributed by atoms with E-state index in [0.29, 0.717) is 35.7 Å². The first-order valence-electron chi connectivity index (χ1n) is 10.6. The molecule has 162 valence electrons. The van der Waals surface area contributed by atoms with Crippen molar-refractivity contribution in [2.75, 3.05) is 50.0 Å². The smallest absolute Gasteiger partial charge is 0.252 e. The van der Waals surface area contributed by atoms with Gasteiger partial charge in [-0.15, -0.1) is 0 Å². The van der Waals surface area contributed by atoms with Crippen LogP contribution in [0.15, 0.2) is 18.3 Å². The summed E-state index contributed by atoms with van der Waals surface area (Å²) < 4.78 is 0. The summed E-state index contributed by atoms with van der Waals surface area (Å²) in [6.07, 6.45) is 3.24. The molecule has 3 rings (SSSR count). The average Bonchev–Trinajstić information content (AvgIpc) is 2.74. The number of amides is 1. The first kappa shape index (κ1) is 21.9. The number of aromatic nitrogens is 4. The van der Waals surface area contributed by atoms with Gasteiger partial charge in [-0.05, 0) is 31.5 Å². The number of anilines is 3. The van der Waals surface area contributed by atoms with Crippen molar-refractivity contribution in [1.82, 2.24) is 30.2 Å². The maximum absolute atomic E-state index is 12.2. The van der Waals surface area contributed by atoms with Crippen LogP contribution >= 0.6 is 0 Å². The Morgan fingerprint density at radius 3 is 2.53 bits per heavy atom. The van der Waals surface area contributed by atoms with E-state index in [2.05, 4.69) is 61.3 Å². The summed E-state index contributed by atoms with van der Waals surface area (Å²) in [5.74, 6) is 2.93. The fourth-order valence-electron chi connectivity index (χ4n) is 3.06. The molecular formula is C21H32N8O. The van der Waals surface area contributed by atoms with Crippen LogP contribution in [0.1, 0.15) is 43.4 Å². The molecule has 1 fully saturated rings. The summed E-state index contributed by atoms with van der Waals surface area (Å²) in [6, 6.07) is 3.52. The minimum Gasteiger partial charge on any atom is -0.352 e. The number of pyridine rings is 1. The third kappa shape index (κ3) is 6.09. The Hall–Kier alpha value is -2.81. The standard InChI is InChI=1S/C21H32N8O/c1-5-17-24-20(27-21(26-17)29-12-10-28(4)11-13-29)25-18-7-6-16(14-23-18)19(30)22-9-8-15(2)3/h6-7,14-15H,5,8-13H2,1-4H3,(H,22,30)(H,23,24,25,26,27). The van der Waals surface area contributed by atoms with Crippen molar-refractivity contribution >= 4 is 23.6 Å². The molecule has 9 heteroatoms. The predicted octanol–water partition coefficient (Wildman–Crippen LogP) is 2.10. The number of hydrogen-bond acceptors (Lipinski definition) is 8. The van der Waals surface area contributed by atoms with Gasteiger partial charge >= 0.3 is 0 Å². The van der Waals surface area contributed by atoms with Gasteiger partial charge in [0.25, 0.3) is 5.91 Å². The summed E-state index contributed by atoms with van der Waals surface area (Å²) in [5.41, 5.74) is 0.535. The molecule has 0 saturated carbocycles. The molecule has 1 aliphatic heterocycles. The van der Waals surface area contributed by atoms with Crippen molar-refractivity contribution < 1.29 is 4.79 Å². The number of carbonyl (C=O) groups excluding carboxylic acids is 1. The molecule has 0 atom stereocenters. The number of rotatable bonds is 8. The van der Waals surface area contributed by atoms with Crippen molar-refractivity contribution in [2.24, 2.45) is 5.92 Å². The van der Waals surface area contributed by atoms with Gasteiger partial charge < -0.3 is 20.4 Å². The second-order valence-corrected chi connectivity index (χ2v) is 8.01. The molecule has 1 saturated heterocycles. The van der Waals surface area contributed by atoms with E-state index in [1.807, 2.05) is 6.92 Å². The van der Waals surface area contributed by atoms with Gasteiger partial charge in [-0.2, -0.15) is 15.0 Å². The van der Waals surface area contributed by atoms with Crippen molar-refractivity contribution in [3.05, 3.63) is 29.7 Å². The minimum atomic E-state index is -0.111. The first-order chi connectivity index (χ1) is 14.4. The van der Waals surface area contributed by atoms with Crippen LogP contribution in [0.25, 0.3) is 0 Å². The van der Waals surface area contributed by atoms with Crippen LogP contribution in [0.2, 0.25) is 0 Å². The Kier molecular flexibility index (Phi) is 7.51. The summed E-state index contributed by atoms with van der Waals surface area (Å²) in [4.78, 5) is 34.7. The van der Waals surface area contributed by atoms with Gasteiger partial charge in [0.1, 0.15) is 11.6 Å². The highest BCUT2D eigenvalue weighted by atomic mass is 16.1. The Balaban J connectivity index is 1.66. The van der Waals surface area contributed by atoms with E-state index in [0.717, 1.165) is 44.8 Å². The molecule has 0 bridgehead atoms. The molecule has 9 nitrogen and oxygen atoms in total. The van der Waals surface area contributed by atoms with Crippen LogP contribution in [0.4, 0.5) is 17.7 Å². The Morgan fingerprint density at radius 2 is 1.90 bits per heavy atom. The average molecular weight is 413 g/mol. The highest BCUT2D eigenvalue weighted by Gasteiger charge is 2.18. The quantitative estimate of drug-likeness (QED) is 0.680. The van der Waals surface area contributed by atoms with Crippen LogP contribution < -0.4 is 15.5 Å². The van der Waals surface area contributed by atoms with Crippen molar-refractivity contribution in [3.8, 4) is 0 Å². The molecule has 2 aromatic heterocycles. The lowest BCUT2D eigenvalue weighted by molar-refractivity contribution is 0.0951. The van der Waals surface area contributed by atoms with Crippen molar-refractivity contribution in [3.63, 3.8) is 0 Å². The fraction of sp³-hybridized carbons (Fsp3) is 0.571. The van der Waals surface area contributed by atoms with E-state index in [1.165, 1.54) is 0 Å². The lowest BCUT2D eigenvalue weighted by Gasteiger charge is -2.32. The lowest BCUT2D eigenvalue weighted by atomic mass is 10.1. The number of aryl methyl sites for hydroxylation is 1. The van der Waals surface area contributed by atoms with Crippen LogP contribution in [0, 0.1) is 5.92 Å². The topological polar surface area (TPSA) is 99.2 Å². The zero-order chi connectivity index (χ0) is 21.5. The van der Waals surface area contributed by atoms with Crippen LogP contribution in [-0.2, 0) is 6.42 Å². The van der Waals surface area contributed by atoms with Crippen molar-refractivity contribution in [2.45, 2.75) is 33.6 Å². The highest BCUT2D eigenvalue weighted by Crippen LogP contribution is 2.16. The maximum Gasteiger partial charge on any atom is 0.252 e. The summed E-state index contributed by atoms with van der Waals surface area (Å²) in [5, 5.41) is 6.07. The Morgan fingerprint density at radius 1 is 1.13 bits per heavy atom. The van der Waals surface area contributed by atoms with Gasteiger partial charge in [-0.3, -0.25) is 4.79 Å². The number of nitrogens with zero attached hydrogens (tertiary/aromatic N) is 6. The van der Waals surface area contributed by atoms with E-state index < -0.39 is 0 Å². The molecular weight excluding hydrogens is 380 g/mol. The number of nitrogens with one attached hydrogen (secondary N) is 2. The van der Waals surface area contributed by atoms with E-state index in [-0.39, 0.29) is 5.91 Å². The Bertz CT molecular complexity index is 831. The molecule has 0 aliphatic carbocycles. The molecule has 2 N–H and O–H groups in total. The third-order valence-corrected chi connectivity index (χ3v) is 5.05. The summed E-state index contributed by atoms with van der Waals surface area (Å²) >= 11 is 0. The first-order valence-corrected chi connectivity index (χ1v) is 10.6. The summed E-state index contributed by atoms with van der Waals surface area (Å²) in [6.45, 7) is 10.7. The van der Waals surface area contributed by atoms with Crippen molar-refractivity contribution in [1.29, 1.82) is 0 Å². The monoisotopic (exact) mass is 412 g/mol. The van der Waals surface area contributed by atoms with Crippen LogP contribution in [-0.4, -0.2) is 70.5 Å². The minimum absolute atomic E-state index is 0.111. The van der Waals surface area contributed by atoms with E-state index in [4.69, 9.17) is 0 Å². The molecule has 30 heavy (non-hydrogen) atoms. The molecule has 0 spiro atoms. The molecule has 0 aromatic carbocycles. The molecule has 3 heterocycles. The molecule has 0 unspecified atom stereocenters. The molecule has 1 aliphatic rings. The largest absolute Gasteiger partial charge is 0.352 e. The van der Waals surface area contributed by atoms with E-state index in [1.54, 1.807) is 18.3 Å². The highest BCUT2D eigenvalue weighted by molar-refractivity contribution is 5.94. The van der Waals surface area contributed by atoms with Gasteiger partial charge in [0.05, 0.1) is 5.56 Å². The maximum atomic E-state index is 12.2. The summed E-state index contributed by atoms with van der Waals surface area (Å²) in [7, 11) is 2.12. The second kappa shape index (κ2) is 10.3. The van der Waals surface area contributed by atoms with Gasteiger partial charge in [-0.25, -0.2) is 4.98 Å². The fourth-order valence-corrected chi connectivity index (χ4v) is 3.06. The zero-order valence-electron chi connectivity index (χ0n) is 18.4. The number of piperazine rings is 1. The van der Waals surface area contributed by atoms with Crippen LogP contribution in [0.5, 0.6) is 0 Å². The molecule has 1 amide bonds. The number of hydrogen-bond donors (Lipinski definition) is 2. The second-order valence-electron chi connectivity index (χ2n) is 8.01. The third-order valence-electron chi connectivity index (χ3n) is 5.05. The van der Waals surface area contributed by atoms with E-state index in [9.17, 15) is 4.79 Å². The predicted molar refractivity (Wildman–Crippen MR) is 118 cm³/mol. The molecule has 0 radical (unpaired) electrons. The van der Waals surface area contributed by atoms with Gasteiger partial charge in [0.2, 0.25) is 11.9 Å². The van der Waals surface area contributed by atoms with E-state index >= 15 is 0 Å². The lowest BCUT2D eigenvalue weighted by Crippen LogP contribution is -2.45. The normalized spacial score (nSPS) is 14.8. The van der Waals surface area contributed by atoms with Gasteiger partial charge in [-0.1, -0.05) is 20.8 Å². The Labute approximate surface area is 178 Å². The number of carbonyl (C=O) groups is 1.